The van der Waals surface area contributed by atoms with Crippen molar-refractivity contribution in [1.29, 1.82) is 0 Å². The Morgan fingerprint density at radius 1 is 1.29 bits per heavy atom. The molecular formula is C17H27N3O3S. The van der Waals surface area contributed by atoms with Gasteiger partial charge in [-0.05, 0) is 43.7 Å². The minimum Gasteiger partial charge on any atom is -0.392 e. The second-order valence-corrected chi connectivity index (χ2v) is 9.21. The molecule has 0 aliphatic heterocycles. The number of aliphatic hydroxyl groups excluding tert-OH is 1. The molecule has 2 saturated carbocycles. The number of hydrogen-bond acceptors (Lipinski definition) is 5. The number of aliphatic hydroxyl groups is 1. The molecule has 2 aliphatic carbocycles. The predicted octanol–water partition coefficient (Wildman–Crippen LogP) is 2.12. The molecule has 3 N–H and O–H groups in total. The average molecular weight is 353 g/mol. The summed E-state index contributed by atoms with van der Waals surface area (Å²) in [6.07, 6.45) is 7.33. The van der Waals surface area contributed by atoms with E-state index in [1.807, 2.05) is 0 Å². The maximum absolute atomic E-state index is 12.2. The Hall–Kier alpha value is -1.18. The number of rotatable bonds is 7. The smallest absolute Gasteiger partial charge is 0.242 e. The first kappa shape index (κ1) is 17.6. The van der Waals surface area contributed by atoms with Gasteiger partial charge in [0.1, 0.15) is 10.7 Å². The summed E-state index contributed by atoms with van der Waals surface area (Å²) < 4.78 is 27.0. The fourth-order valence-electron chi connectivity index (χ4n) is 3.16. The first-order chi connectivity index (χ1) is 11.4. The van der Waals surface area contributed by atoms with Gasteiger partial charge in [-0.25, -0.2) is 18.1 Å². The van der Waals surface area contributed by atoms with Gasteiger partial charge in [-0.15, -0.1) is 0 Å². The monoisotopic (exact) mass is 353 g/mol. The minimum absolute atomic E-state index is 0.156. The highest BCUT2D eigenvalue weighted by Gasteiger charge is 2.35. The van der Waals surface area contributed by atoms with Crippen molar-refractivity contribution in [2.75, 3.05) is 18.4 Å². The average Bonchev–Trinajstić information content (AvgIpc) is 3.39. The van der Waals surface area contributed by atoms with E-state index in [4.69, 9.17) is 0 Å². The third-order valence-electron chi connectivity index (χ3n) is 5.26. The van der Waals surface area contributed by atoms with Crippen LogP contribution in [0.15, 0.2) is 23.2 Å². The van der Waals surface area contributed by atoms with Crippen molar-refractivity contribution in [2.24, 2.45) is 11.3 Å². The van der Waals surface area contributed by atoms with E-state index in [0.717, 1.165) is 38.5 Å². The molecule has 0 aromatic carbocycles. The van der Waals surface area contributed by atoms with Crippen molar-refractivity contribution in [3.05, 3.63) is 18.3 Å². The summed E-state index contributed by atoms with van der Waals surface area (Å²) in [6.45, 7) is 3.23. The lowest BCUT2D eigenvalue weighted by Gasteiger charge is -2.38. The Bertz CT molecular complexity index is 658. The summed E-state index contributed by atoms with van der Waals surface area (Å²) >= 11 is 0. The van der Waals surface area contributed by atoms with Crippen LogP contribution in [0.3, 0.4) is 0 Å². The lowest BCUT2D eigenvalue weighted by Crippen LogP contribution is -2.41. The van der Waals surface area contributed by atoms with Gasteiger partial charge >= 0.3 is 0 Å². The molecule has 6 nitrogen and oxygen atoms in total. The van der Waals surface area contributed by atoms with Gasteiger partial charge in [0.2, 0.25) is 10.0 Å². The molecule has 0 saturated heterocycles. The SMILES string of the molecule is CC1(CNc2ccc(S(=O)(=O)NCC3CC3)cn2)CCCCC1O. The van der Waals surface area contributed by atoms with Crippen molar-refractivity contribution in [2.45, 2.75) is 56.4 Å². The Kier molecular flexibility index (Phi) is 5.13. The quantitative estimate of drug-likeness (QED) is 0.698. The molecule has 2 unspecified atom stereocenters. The number of sulfonamides is 1. The summed E-state index contributed by atoms with van der Waals surface area (Å²) in [7, 11) is -3.47. The van der Waals surface area contributed by atoms with Crippen LogP contribution in [-0.2, 0) is 10.0 Å². The highest BCUT2D eigenvalue weighted by Crippen LogP contribution is 2.36. The Balaban J connectivity index is 1.57. The molecule has 24 heavy (non-hydrogen) atoms. The zero-order valence-electron chi connectivity index (χ0n) is 14.2. The van der Waals surface area contributed by atoms with Gasteiger partial charge in [0.25, 0.3) is 0 Å². The molecule has 0 bridgehead atoms. The maximum atomic E-state index is 12.2. The van der Waals surface area contributed by atoms with Crippen molar-refractivity contribution in [3.8, 4) is 0 Å². The number of nitrogens with one attached hydrogen (secondary N) is 2. The van der Waals surface area contributed by atoms with E-state index < -0.39 is 10.0 Å². The maximum Gasteiger partial charge on any atom is 0.242 e. The Morgan fingerprint density at radius 2 is 2.08 bits per heavy atom. The standard InChI is InChI=1S/C17H27N3O3S/c1-17(9-3-2-4-15(17)21)12-19-16-8-7-14(11-18-16)24(22,23)20-10-13-5-6-13/h7-8,11,13,15,20-21H,2-6,9-10,12H2,1H3,(H,18,19). The van der Waals surface area contributed by atoms with E-state index in [9.17, 15) is 13.5 Å². The van der Waals surface area contributed by atoms with Crippen LogP contribution in [-0.4, -0.2) is 37.7 Å². The van der Waals surface area contributed by atoms with Crippen molar-refractivity contribution >= 4 is 15.8 Å². The van der Waals surface area contributed by atoms with E-state index in [1.54, 1.807) is 12.1 Å². The minimum atomic E-state index is -3.47. The second kappa shape index (κ2) is 6.98. The number of nitrogens with zero attached hydrogens (tertiary/aromatic N) is 1. The van der Waals surface area contributed by atoms with Crippen molar-refractivity contribution < 1.29 is 13.5 Å². The fourth-order valence-corrected chi connectivity index (χ4v) is 4.22. The normalized spacial score (nSPS) is 27.8. The lowest BCUT2D eigenvalue weighted by molar-refractivity contribution is 0.00958. The van der Waals surface area contributed by atoms with Crippen LogP contribution in [0.5, 0.6) is 0 Å². The highest BCUT2D eigenvalue weighted by atomic mass is 32.2. The fraction of sp³-hybridized carbons (Fsp3) is 0.706. The van der Waals surface area contributed by atoms with E-state index in [1.165, 1.54) is 6.20 Å². The topological polar surface area (TPSA) is 91.3 Å². The third kappa shape index (κ3) is 4.26. The zero-order chi connectivity index (χ0) is 17.2. The largest absolute Gasteiger partial charge is 0.392 e. The molecule has 134 valence electrons. The molecule has 3 rings (SSSR count). The first-order valence-electron chi connectivity index (χ1n) is 8.77. The highest BCUT2D eigenvalue weighted by molar-refractivity contribution is 7.89. The number of hydrogen-bond donors (Lipinski definition) is 3. The molecule has 0 spiro atoms. The predicted molar refractivity (Wildman–Crippen MR) is 93.2 cm³/mol. The molecule has 2 atom stereocenters. The van der Waals surface area contributed by atoms with E-state index in [2.05, 4.69) is 21.9 Å². The first-order valence-corrected chi connectivity index (χ1v) is 10.2. The molecule has 2 fully saturated rings. The van der Waals surface area contributed by atoms with Crippen molar-refractivity contribution in [1.82, 2.24) is 9.71 Å². The lowest BCUT2D eigenvalue weighted by atomic mass is 9.73. The van der Waals surface area contributed by atoms with Gasteiger partial charge in [-0.3, -0.25) is 0 Å². The third-order valence-corrected chi connectivity index (χ3v) is 6.67. The van der Waals surface area contributed by atoms with Gasteiger partial charge in [0.15, 0.2) is 0 Å². The van der Waals surface area contributed by atoms with Gasteiger partial charge < -0.3 is 10.4 Å². The van der Waals surface area contributed by atoms with Crippen LogP contribution < -0.4 is 10.0 Å². The van der Waals surface area contributed by atoms with E-state index in [0.29, 0.717) is 24.8 Å². The zero-order valence-corrected chi connectivity index (χ0v) is 15.0. The molecule has 1 aromatic heterocycles. The summed E-state index contributed by atoms with van der Waals surface area (Å²) in [4.78, 5) is 4.41. The Morgan fingerprint density at radius 3 is 2.71 bits per heavy atom. The molecule has 0 amide bonds. The van der Waals surface area contributed by atoms with Crippen LogP contribution in [0.1, 0.15) is 45.4 Å². The van der Waals surface area contributed by atoms with E-state index in [-0.39, 0.29) is 16.4 Å². The number of aromatic nitrogens is 1. The van der Waals surface area contributed by atoms with E-state index >= 15 is 0 Å². The number of pyridine rings is 1. The van der Waals surface area contributed by atoms with Crippen LogP contribution >= 0.6 is 0 Å². The molecular weight excluding hydrogens is 326 g/mol. The van der Waals surface area contributed by atoms with Gasteiger partial charge in [0.05, 0.1) is 6.10 Å². The van der Waals surface area contributed by atoms with Gasteiger partial charge in [-0.1, -0.05) is 19.8 Å². The van der Waals surface area contributed by atoms with Gasteiger partial charge in [0, 0.05) is 24.7 Å². The second-order valence-electron chi connectivity index (χ2n) is 7.44. The molecule has 7 heteroatoms. The molecule has 0 radical (unpaired) electrons. The Labute approximate surface area is 144 Å². The van der Waals surface area contributed by atoms with Crippen LogP contribution in [0.2, 0.25) is 0 Å². The molecule has 2 aliphatic rings. The van der Waals surface area contributed by atoms with Gasteiger partial charge in [-0.2, -0.15) is 0 Å². The van der Waals surface area contributed by atoms with Crippen LogP contribution in [0.25, 0.3) is 0 Å². The van der Waals surface area contributed by atoms with Crippen molar-refractivity contribution in [3.63, 3.8) is 0 Å². The molecule has 1 heterocycles. The van der Waals surface area contributed by atoms with Crippen LogP contribution in [0, 0.1) is 11.3 Å². The summed E-state index contributed by atoms with van der Waals surface area (Å²) in [5.74, 6) is 1.13. The summed E-state index contributed by atoms with van der Waals surface area (Å²) in [5.41, 5.74) is -0.156. The summed E-state index contributed by atoms with van der Waals surface area (Å²) in [6, 6.07) is 3.26. The summed E-state index contributed by atoms with van der Waals surface area (Å²) in [5, 5.41) is 13.5. The number of anilines is 1. The van der Waals surface area contributed by atoms with Crippen LogP contribution in [0.4, 0.5) is 5.82 Å². The molecule has 1 aromatic rings.